The van der Waals surface area contributed by atoms with E-state index in [9.17, 15) is 4.39 Å². The van der Waals surface area contributed by atoms with Gasteiger partial charge in [-0.15, -0.1) is 10.2 Å². The van der Waals surface area contributed by atoms with Gasteiger partial charge in [0.15, 0.2) is 5.82 Å². The van der Waals surface area contributed by atoms with Gasteiger partial charge in [-0.05, 0) is 40.5 Å². The molecule has 0 amide bonds. The van der Waals surface area contributed by atoms with Gasteiger partial charge >= 0.3 is 0 Å². The van der Waals surface area contributed by atoms with Crippen molar-refractivity contribution in [3.05, 3.63) is 40.1 Å². The average Bonchev–Trinajstić information content (AvgIpc) is 2.68. The van der Waals surface area contributed by atoms with E-state index in [0.29, 0.717) is 11.0 Å². The van der Waals surface area contributed by atoms with Gasteiger partial charge in [0, 0.05) is 12.7 Å². The predicted octanol–water partition coefficient (Wildman–Crippen LogP) is 2.64. The molecule has 1 aromatic carbocycles. The van der Waals surface area contributed by atoms with Crippen molar-refractivity contribution in [2.45, 2.75) is 13.5 Å². The molecule has 0 saturated carbocycles. The van der Waals surface area contributed by atoms with E-state index in [1.54, 1.807) is 12.4 Å². The number of nitrogens with zero attached hydrogens (tertiary/aromatic N) is 3. The summed E-state index contributed by atoms with van der Waals surface area (Å²) in [5, 5.41) is 10.9. The van der Waals surface area contributed by atoms with Crippen LogP contribution >= 0.6 is 15.9 Å². The molecule has 0 aliphatic rings. The van der Waals surface area contributed by atoms with Crippen molar-refractivity contribution in [2.24, 2.45) is 7.05 Å². The molecule has 0 fully saturated rings. The number of halogens is 2. The molecule has 0 saturated heterocycles. The Hall–Kier alpha value is -1.43. The Morgan fingerprint density at radius 1 is 1.47 bits per heavy atom. The van der Waals surface area contributed by atoms with Crippen LogP contribution in [0, 0.1) is 12.7 Å². The summed E-state index contributed by atoms with van der Waals surface area (Å²) in [6.07, 6.45) is 1.63. The first kappa shape index (κ1) is 12.0. The van der Waals surface area contributed by atoms with Crippen LogP contribution in [0.3, 0.4) is 0 Å². The van der Waals surface area contributed by atoms with Crippen molar-refractivity contribution in [3.8, 4) is 0 Å². The summed E-state index contributed by atoms with van der Waals surface area (Å²) in [7, 11) is 1.87. The average molecular weight is 299 g/mol. The van der Waals surface area contributed by atoms with Crippen molar-refractivity contribution in [3.63, 3.8) is 0 Å². The third-order valence-electron chi connectivity index (χ3n) is 2.51. The minimum absolute atomic E-state index is 0.281. The Morgan fingerprint density at radius 3 is 2.88 bits per heavy atom. The zero-order valence-corrected chi connectivity index (χ0v) is 11.1. The van der Waals surface area contributed by atoms with Crippen molar-refractivity contribution in [1.29, 1.82) is 0 Å². The number of anilines is 1. The van der Waals surface area contributed by atoms with Crippen LogP contribution in [-0.2, 0) is 13.6 Å². The number of hydrogen-bond acceptors (Lipinski definition) is 3. The SMILES string of the molecule is Cc1cc(Br)c(F)cc1NCc1nncn1C. The van der Waals surface area contributed by atoms with Gasteiger partial charge in [0.25, 0.3) is 0 Å². The van der Waals surface area contributed by atoms with Gasteiger partial charge in [-0.1, -0.05) is 0 Å². The quantitative estimate of drug-likeness (QED) is 0.947. The lowest BCUT2D eigenvalue weighted by atomic mass is 10.2. The van der Waals surface area contributed by atoms with Crippen LogP contribution in [0.5, 0.6) is 0 Å². The molecule has 0 spiro atoms. The highest BCUT2D eigenvalue weighted by Gasteiger charge is 2.06. The van der Waals surface area contributed by atoms with Crippen molar-refractivity contribution < 1.29 is 4.39 Å². The van der Waals surface area contributed by atoms with Gasteiger partial charge in [0.2, 0.25) is 0 Å². The molecular weight excluding hydrogens is 287 g/mol. The van der Waals surface area contributed by atoms with Crippen molar-refractivity contribution in [2.75, 3.05) is 5.32 Å². The van der Waals surface area contributed by atoms with Crippen LogP contribution in [0.2, 0.25) is 0 Å². The van der Waals surface area contributed by atoms with E-state index in [1.165, 1.54) is 6.07 Å². The Kier molecular flexibility index (Phi) is 3.42. The van der Waals surface area contributed by atoms with E-state index in [-0.39, 0.29) is 5.82 Å². The van der Waals surface area contributed by atoms with Crippen LogP contribution in [0.4, 0.5) is 10.1 Å². The number of hydrogen-bond donors (Lipinski definition) is 1. The Balaban J connectivity index is 2.14. The fraction of sp³-hybridized carbons (Fsp3) is 0.273. The summed E-state index contributed by atoms with van der Waals surface area (Å²) < 4.78 is 15.7. The topological polar surface area (TPSA) is 42.7 Å². The highest BCUT2D eigenvalue weighted by atomic mass is 79.9. The Morgan fingerprint density at radius 2 is 2.24 bits per heavy atom. The molecule has 0 bridgehead atoms. The lowest BCUT2D eigenvalue weighted by Gasteiger charge is -2.10. The molecule has 6 heteroatoms. The maximum atomic E-state index is 13.4. The van der Waals surface area contributed by atoms with E-state index in [2.05, 4.69) is 31.4 Å². The Bertz CT molecular complexity index is 538. The molecule has 0 atom stereocenters. The van der Waals surface area contributed by atoms with Crippen molar-refractivity contribution >= 4 is 21.6 Å². The number of nitrogens with one attached hydrogen (secondary N) is 1. The van der Waals surface area contributed by atoms with Gasteiger partial charge in [0.05, 0.1) is 11.0 Å². The molecule has 1 heterocycles. The molecule has 1 N–H and O–H groups in total. The smallest absolute Gasteiger partial charge is 0.151 e. The van der Waals surface area contributed by atoms with Crippen LogP contribution in [0.15, 0.2) is 22.9 Å². The zero-order valence-electron chi connectivity index (χ0n) is 9.54. The number of aromatic nitrogens is 3. The third kappa shape index (κ3) is 2.63. The molecule has 1 aromatic heterocycles. The molecule has 0 radical (unpaired) electrons. The second-order valence-electron chi connectivity index (χ2n) is 3.79. The van der Waals surface area contributed by atoms with E-state index >= 15 is 0 Å². The molecule has 0 aliphatic heterocycles. The first-order valence-corrected chi connectivity index (χ1v) is 5.89. The van der Waals surface area contributed by atoms with Gasteiger partial charge in [-0.25, -0.2) is 4.39 Å². The van der Waals surface area contributed by atoms with E-state index in [1.807, 2.05) is 18.5 Å². The van der Waals surface area contributed by atoms with Gasteiger partial charge in [0.1, 0.15) is 12.1 Å². The lowest BCUT2D eigenvalue weighted by molar-refractivity contribution is 0.621. The second kappa shape index (κ2) is 4.83. The first-order chi connectivity index (χ1) is 8.08. The minimum Gasteiger partial charge on any atom is -0.377 e. The monoisotopic (exact) mass is 298 g/mol. The zero-order chi connectivity index (χ0) is 12.4. The fourth-order valence-corrected chi connectivity index (χ4v) is 1.94. The molecule has 0 unspecified atom stereocenters. The Labute approximate surface area is 107 Å². The first-order valence-electron chi connectivity index (χ1n) is 5.10. The molecule has 2 rings (SSSR count). The second-order valence-corrected chi connectivity index (χ2v) is 4.65. The van der Waals surface area contributed by atoms with Crippen LogP contribution in [-0.4, -0.2) is 14.8 Å². The summed E-state index contributed by atoms with van der Waals surface area (Å²) in [5.41, 5.74) is 1.73. The third-order valence-corrected chi connectivity index (χ3v) is 3.12. The van der Waals surface area contributed by atoms with Crippen LogP contribution in [0.25, 0.3) is 0 Å². The summed E-state index contributed by atoms with van der Waals surface area (Å²) >= 11 is 3.15. The highest BCUT2D eigenvalue weighted by Crippen LogP contribution is 2.24. The molecular formula is C11H12BrFN4. The molecule has 17 heavy (non-hydrogen) atoms. The summed E-state index contributed by atoms with van der Waals surface area (Å²) in [6.45, 7) is 2.43. The molecule has 2 aromatic rings. The van der Waals surface area contributed by atoms with E-state index < -0.39 is 0 Å². The maximum absolute atomic E-state index is 13.4. The van der Waals surface area contributed by atoms with Crippen LogP contribution < -0.4 is 5.32 Å². The van der Waals surface area contributed by atoms with Gasteiger partial charge < -0.3 is 9.88 Å². The summed E-state index contributed by atoms with van der Waals surface area (Å²) in [6, 6.07) is 3.21. The normalized spacial score (nSPS) is 10.6. The predicted molar refractivity (Wildman–Crippen MR) is 67.2 cm³/mol. The highest BCUT2D eigenvalue weighted by molar-refractivity contribution is 9.10. The number of benzene rings is 1. The summed E-state index contributed by atoms with van der Waals surface area (Å²) in [4.78, 5) is 0. The largest absolute Gasteiger partial charge is 0.377 e. The minimum atomic E-state index is -0.281. The lowest BCUT2D eigenvalue weighted by Crippen LogP contribution is -2.07. The standard InChI is InChI=1S/C11H12BrFN4/c1-7-3-8(12)9(13)4-10(7)14-5-11-16-15-6-17(11)2/h3-4,6,14H,5H2,1-2H3. The van der Waals surface area contributed by atoms with Gasteiger partial charge in [-0.2, -0.15) is 0 Å². The molecule has 90 valence electrons. The molecule has 0 aliphatic carbocycles. The number of aryl methyl sites for hydroxylation is 2. The van der Waals surface area contributed by atoms with Gasteiger partial charge in [-0.3, -0.25) is 0 Å². The fourth-order valence-electron chi connectivity index (χ4n) is 1.48. The maximum Gasteiger partial charge on any atom is 0.151 e. The van der Waals surface area contributed by atoms with Crippen molar-refractivity contribution in [1.82, 2.24) is 14.8 Å². The van der Waals surface area contributed by atoms with E-state index in [4.69, 9.17) is 0 Å². The van der Waals surface area contributed by atoms with Crippen LogP contribution in [0.1, 0.15) is 11.4 Å². The summed E-state index contributed by atoms with van der Waals surface area (Å²) in [5.74, 6) is 0.517. The number of rotatable bonds is 3. The molecule has 4 nitrogen and oxygen atoms in total. The van der Waals surface area contributed by atoms with E-state index in [0.717, 1.165) is 17.1 Å².